The smallest absolute Gasteiger partial charge is 0.251 e. The van der Waals surface area contributed by atoms with Gasteiger partial charge in [0.2, 0.25) is 0 Å². The molecule has 0 aliphatic carbocycles. The average molecular weight is 444 g/mol. The summed E-state index contributed by atoms with van der Waals surface area (Å²) in [7, 11) is 1.63. The summed E-state index contributed by atoms with van der Waals surface area (Å²) in [6.07, 6.45) is 0.828. The zero-order chi connectivity index (χ0) is 13.5. The lowest BCUT2D eigenvalue weighted by atomic mass is 10.2. The van der Waals surface area contributed by atoms with Crippen LogP contribution in [0.4, 0.5) is 0 Å². The molecule has 3 nitrogen and oxygen atoms in total. The maximum absolute atomic E-state index is 12.1. The topological polar surface area (TPSA) is 38.3 Å². The maximum atomic E-state index is 12.1. The number of nitrogens with one attached hydrogen (secondary N) is 1. The third-order valence-electron chi connectivity index (χ3n) is 2.29. The van der Waals surface area contributed by atoms with E-state index in [4.69, 9.17) is 4.74 Å². The van der Waals surface area contributed by atoms with Gasteiger partial charge in [0, 0.05) is 26.9 Å². The molecule has 0 aromatic heterocycles. The third-order valence-corrected chi connectivity index (χ3v) is 3.66. The molecule has 1 unspecified atom stereocenters. The quantitative estimate of drug-likeness (QED) is 0.680. The molecule has 1 amide bonds. The van der Waals surface area contributed by atoms with Gasteiger partial charge in [0.1, 0.15) is 0 Å². The van der Waals surface area contributed by atoms with Crippen molar-refractivity contribution in [1.82, 2.24) is 5.32 Å². The Morgan fingerprint density at radius 3 is 2.44 bits per heavy atom. The minimum absolute atomic E-state index is 0.0135. The molecule has 6 heteroatoms. The number of hydrogen-bond donors (Lipinski definition) is 1. The molecule has 100 valence electrons. The van der Waals surface area contributed by atoms with Gasteiger partial charge in [0.15, 0.2) is 0 Å². The number of carbonyl (C=O) groups excluding carboxylic acids is 1. The van der Waals surface area contributed by atoms with Crippen LogP contribution in [0.2, 0.25) is 0 Å². The van der Waals surface area contributed by atoms with E-state index in [1.807, 2.05) is 6.07 Å². The first-order valence-electron chi connectivity index (χ1n) is 5.38. The molecular formula is C12H14Br3NO2. The fourth-order valence-corrected chi connectivity index (χ4v) is 3.33. The zero-order valence-corrected chi connectivity index (χ0v) is 14.6. The summed E-state index contributed by atoms with van der Waals surface area (Å²) < 4.78 is 6.82. The van der Waals surface area contributed by atoms with E-state index in [1.54, 1.807) is 19.2 Å². The molecule has 0 radical (unpaired) electrons. The largest absolute Gasteiger partial charge is 0.383 e. The van der Waals surface area contributed by atoms with E-state index in [2.05, 4.69) is 53.1 Å². The Balaban J connectivity index is 2.73. The van der Waals surface area contributed by atoms with Crippen molar-refractivity contribution in [2.45, 2.75) is 12.5 Å². The summed E-state index contributed by atoms with van der Waals surface area (Å²) in [6.45, 7) is 0.506. The van der Waals surface area contributed by atoms with Gasteiger partial charge in [0.05, 0.1) is 12.6 Å². The molecule has 18 heavy (non-hydrogen) atoms. The Kier molecular flexibility index (Phi) is 7.44. The van der Waals surface area contributed by atoms with Gasteiger partial charge in [0.25, 0.3) is 5.91 Å². The van der Waals surface area contributed by atoms with Crippen molar-refractivity contribution in [3.63, 3.8) is 0 Å². The Hall–Kier alpha value is 0.0900. The highest BCUT2D eigenvalue weighted by atomic mass is 79.9. The number of halogens is 3. The molecule has 0 saturated heterocycles. The lowest BCUT2D eigenvalue weighted by Crippen LogP contribution is -2.38. The van der Waals surface area contributed by atoms with Crippen LogP contribution in [0.5, 0.6) is 0 Å². The van der Waals surface area contributed by atoms with Gasteiger partial charge in [-0.3, -0.25) is 4.79 Å². The van der Waals surface area contributed by atoms with E-state index < -0.39 is 0 Å². The minimum atomic E-state index is -0.0972. The molecule has 1 aromatic carbocycles. The van der Waals surface area contributed by atoms with Crippen molar-refractivity contribution in [2.75, 3.05) is 19.0 Å². The summed E-state index contributed by atoms with van der Waals surface area (Å²) in [5.41, 5.74) is 0.618. The second-order valence-corrected chi connectivity index (χ2v) is 6.39. The van der Waals surface area contributed by atoms with Crippen molar-refractivity contribution >= 4 is 53.7 Å². The summed E-state index contributed by atoms with van der Waals surface area (Å²) in [6, 6.07) is 5.48. The SMILES string of the molecule is COCC(CCBr)NC(=O)c1cc(Br)cc(Br)c1. The molecule has 0 bridgehead atoms. The van der Waals surface area contributed by atoms with Crippen LogP contribution >= 0.6 is 47.8 Å². The molecule has 0 fully saturated rings. The van der Waals surface area contributed by atoms with E-state index in [9.17, 15) is 4.79 Å². The molecule has 1 rings (SSSR count). The van der Waals surface area contributed by atoms with Gasteiger partial charge in [-0.1, -0.05) is 47.8 Å². The predicted octanol–water partition coefficient (Wildman–Crippen LogP) is 3.74. The van der Waals surface area contributed by atoms with Crippen LogP contribution in [0.15, 0.2) is 27.1 Å². The number of carbonyl (C=O) groups is 1. The van der Waals surface area contributed by atoms with Crippen LogP contribution in [-0.4, -0.2) is 31.0 Å². The molecule has 0 aliphatic heterocycles. The molecular weight excluding hydrogens is 430 g/mol. The second-order valence-electron chi connectivity index (χ2n) is 3.76. The zero-order valence-electron chi connectivity index (χ0n) is 9.88. The Morgan fingerprint density at radius 2 is 1.94 bits per heavy atom. The van der Waals surface area contributed by atoms with Gasteiger partial charge in [-0.15, -0.1) is 0 Å². The molecule has 0 heterocycles. The van der Waals surface area contributed by atoms with E-state index in [0.717, 1.165) is 20.7 Å². The van der Waals surface area contributed by atoms with Crippen LogP contribution in [-0.2, 0) is 4.74 Å². The molecule has 1 atom stereocenters. The lowest BCUT2D eigenvalue weighted by molar-refractivity contribution is 0.0895. The first kappa shape index (κ1) is 16.1. The van der Waals surface area contributed by atoms with E-state index in [1.165, 1.54) is 0 Å². The van der Waals surface area contributed by atoms with Gasteiger partial charge < -0.3 is 10.1 Å². The summed E-state index contributed by atoms with van der Waals surface area (Å²) in [4.78, 5) is 12.1. The van der Waals surface area contributed by atoms with E-state index in [0.29, 0.717) is 12.2 Å². The normalized spacial score (nSPS) is 12.2. The maximum Gasteiger partial charge on any atom is 0.251 e. The Labute approximate surface area is 132 Å². The highest BCUT2D eigenvalue weighted by Gasteiger charge is 2.14. The third kappa shape index (κ3) is 5.38. The molecule has 1 aromatic rings. The van der Waals surface area contributed by atoms with Crippen molar-refractivity contribution < 1.29 is 9.53 Å². The van der Waals surface area contributed by atoms with Crippen molar-refractivity contribution in [1.29, 1.82) is 0 Å². The van der Waals surface area contributed by atoms with Crippen LogP contribution in [0.3, 0.4) is 0 Å². The number of ether oxygens (including phenoxy) is 1. The van der Waals surface area contributed by atoms with Gasteiger partial charge in [-0.05, 0) is 24.6 Å². The number of amides is 1. The Bertz CT molecular complexity index is 386. The molecule has 0 saturated carbocycles. The fraction of sp³-hybridized carbons (Fsp3) is 0.417. The van der Waals surface area contributed by atoms with Crippen LogP contribution in [0.1, 0.15) is 16.8 Å². The van der Waals surface area contributed by atoms with Crippen LogP contribution in [0, 0.1) is 0 Å². The molecule has 0 spiro atoms. The van der Waals surface area contributed by atoms with E-state index in [-0.39, 0.29) is 11.9 Å². The fourth-order valence-electron chi connectivity index (χ4n) is 1.48. The number of methoxy groups -OCH3 is 1. The van der Waals surface area contributed by atoms with Crippen molar-refractivity contribution in [3.8, 4) is 0 Å². The Morgan fingerprint density at radius 1 is 1.33 bits per heavy atom. The van der Waals surface area contributed by atoms with Gasteiger partial charge >= 0.3 is 0 Å². The molecule has 1 N–H and O–H groups in total. The summed E-state index contributed by atoms with van der Waals surface area (Å²) >= 11 is 10.1. The lowest BCUT2D eigenvalue weighted by Gasteiger charge is -2.17. The number of hydrogen-bond acceptors (Lipinski definition) is 2. The summed E-state index contributed by atoms with van der Waals surface area (Å²) in [5.74, 6) is -0.0972. The monoisotopic (exact) mass is 441 g/mol. The first-order valence-corrected chi connectivity index (χ1v) is 8.09. The number of rotatable bonds is 6. The van der Waals surface area contributed by atoms with Gasteiger partial charge in [-0.25, -0.2) is 0 Å². The summed E-state index contributed by atoms with van der Waals surface area (Å²) in [5, 5.41) is 3.78. The van der Waals surface area contributed by atoms with Gasteiger partial charge in [-0.2, -0.15) is 0 Å². The van der Waals surface area contributed by atoms with Crippen LogP contribution < -0.4 is 5.32 Å². The minimum Gasteiger partial charge on any atom is -0.383 e. The average Bonchev–Trinajstić information content (AvgIpc) is 2.28. The second kappa shape index (κ2) is 8.30. The number of alkyl halides is 1. The first-order chi connectivity index (χ1) is 8.56. The standard InChI is InChI=1S/C12H14Br3NO2/c1-18-7-11(2-3-13)16-12(17)8-4-9(14)6-10(15)5-8/h4-6,11H,2-3,7H2,1H3,(H,16,17). The highest BCUT2D eigenvalue weighted by molar-refractivity contribution is 9.11. The molecule has 0 aliphatic rings. The predicted molar refractivity (Wildman–Crippen MR) is 83.4 cm³/mol. The van der Waals surface area contributed by atoms with E-state index >= 15 is 0 Å². The van der Waals surface area contributed by atoms with Crippen molar-refractivity contribution in [3.05, 3.63) is 32.7 Å². The number of benzene rings is 1. The van der Waals surface area contributed by atoms with Crippen LogP contribution in [0.25, 0.3) is 0 Å². The highest BCUT2D eigenvalue weighted by Crippen LogP contribution is 2.20. The van der Waals surface area contributed by atoms with Crippen molar-refractivity contribution in [2.24, 2.45) is 0 Å².